The summed E-state index contributed by atoms with van der Waals surface area (Å²) >= 11 is 0. The summed E-state index contributed by atoms with van der Waals surface area (Å²) < 4.78 is 33.3. The van der Waals surface area contributed by atoms with Crippen LogP contribution in [0.5, 0.6) is 0 Å². The third-order valence-corrected chi connectivity index (χ3v) is 8.48. The van der Waals surface area contributed by atoms with E-state index in [1.54, 1.807) is 0 Å². The molecule has 0 radical (unpaired) electrons. The standard InChI is InChI=1S/C28H53NO16/c1-2-3-4-5-6-7-8-9-16(29)43-27-22(38)24(18(34)14(11-31)41-27)45-28-23(39)25(19(35)15(12-32)42-28)44-26-21(37)20(36)17(33)13(10-30)40-26/h13-28,30-39H,2-12,29H2,1H3/t13?,14?,15?,16?,17-,18-,19-,20+,21?,22?,23?,24+,25+,26-,27-,28-/m1/s1. The molecule has 0 aromatic carbocycles. The molecular weight excluding hydrogens is 606 g/mol. The predicted octanol–water partition coefficient (Wildman–Crippen LogP) is -4.12. The lowest BCUT2D eigenvalue weighted by molar-refractivity contribution is -0.382. The van der Waals surface area contributed by atoms with E-state index in [-0.39, 0.29) is 0 Å². The van der Waals surface area contributed by atoms with Crippen molar-refractivity contribution in [2.24, 2.45) is 5.73 Å². The number of aliphatic hydroxyl groups excluding tert-OH is 10. The van der Waals surface area contributed by atoms with E-state index in [9.17, 15) is 51.1 Å². The van der Waals surface area contributed by atoms with Crippen LogP contribution in [-0.2, 0) is 28.4 Å². The first-order chi connectivity index (χ1) is 21.5. The largest absolute Gasteiger partial charge is 0.394 e. The third kappa shape index (κ3) is 9.93. The van der Waals surface area contributed by atoms with E-state index in [1.807, 2.05) is 0 Å². The maximum atomic E-state index is 11.1. The Morgan fingerprint density at radius 3 is 1.47 bits per heavy atom. The lowest BCUT2D eigenvalue weighted by Gasteiger charge is -2.48. The second-order valence-corrected chi connectivity index (χ2v) is 11.9. The zero-order chi connectivity index (χ0) is 33.3. The zero-order valence-corrected chi connectivity index (χ0v) is 25.5. The van der Waals surface area contributed by atoms with E-state index < -0.39 is 118 Å². The summed E-state index contributed by atoms with van der Waals surface area (Å²) in [4.78, 5) is 0. The lowest BCUT2D eigenvalue weighted by atomic mass is 9.96. The fourth-order valence-electron chi connectivity index (χ4n) is 5.69. The van der Waals surface area contributed by atoms with Gasteiger partial charge in [-0.25, -0.2) is 0 Å². The van der Waals surface area contributed by atoms with E-state index >= 15 is 0 Å². The molecule has 17 nitrogen and oxygen atoms in total. The molecule has 45 heavy (non-hydrogen) atoms. The highest BCUT2D eigenvalue weighted by Gasteiger charge is 2.54. The van der Waals surface area contributed by atoms with E-state index in [0.717, 1.165) is 32.1 Å². The molecule has 0 aliphatic carbocycles. The van der Waals surface area contributed by atoms with Crippen LogP contribution < -0.4 is 5.73 Å². The minimum atomic E-state index is -1.91. The number of hydrogen-bond acceptors (Lipinski definition) is 17. The number of ether oxygens (including phenoxy) is 6. The molecule has 3 heterocycles. The Labute approximate surface area is 262 Å². The number of nitrogens with two attached hydrogens (primary N) is 1. The fraction of sp³-hybridized carbons (Fsp3) is 1.00. The Kier molecular flexibility index (Phi) is 16.2. The van der Waals surface area contributed by atoms with Gasteiger partial charge in [0, 0.05) is 0 Å². The second-order valence-electron chi connectivity index (χ2n) is 11.9. The molecule has 0 saturated carbocycles. The molecule has 3 saturated heterocycles. The molecule has 16 atom stereocenters. The van der Waals surface area contributed by atoms with Crippen molar-refractivity contribution in [2.45, 2.75) is 157 Å². The Morgan fingerprint density at radius 1 is 0.533 bits per heavy atom. The summed E-state index contributed by atoms with van der Waals surface area (Å²) in [5.41, 5.74) is 6.11. The first kappa shape index (κ1) is 38.8. The summed E-state index contributed by atoms with van der Waals surface area (Å²) in [5.74, 6) is 0. The van der Waals surface area contributed by atoms with Crippen molar-refractivity contribution in [2.75, 3.05) is 19.8 Å². The van der Waals surface area contributed by atoms with Gasteiger partial charge in [-0.2, -0.15) is 0 Å². The highest BCUT2D eigenvalue weighted by atomic mass is 16.8. The molecule has 17 heteroatoms. The molecule has 0 bridgehead atoms. The van der Waals surface area contributed by atoms with Crippen LogP contribution >= 0.6 is 0 Å². The van der Waals surface area contributed by atoms with Crippen LogP contribution in [0.15, 0.2) is 0 Å². The van der Waals surface area contributed by atoms with Gasteiger partial charge in [-0.15, -0.1) is 0 Å². The average molecular weight is 660 g/mol. The van der Waals surface area contributed by atoms with Crippen molar-refractivity contribution >= 4 is 0 Å². The third-order valence-electron chi connectivity index (χ3n) is 8.48. The molecule has 3 aliphatic heterocycles. The van der Waals surface area contributed by atoms with Gasteiger partial charge in [0.2, 0.25) is 0 Å². The molecule has 7 unspecified atom stereocenters. The smallest absolute Gasteiger partial charge is 0.188 e. The lowest BCUT2D eigenvalue weighted by Crippen LogP contribution is -2.67. The Balaban J connectivity index is 1.67. The summed E-state index contributed by atoms with van der Waals surface area (Å²) in [6, 6.07) is 0. The van der Waals surface area contributed by atoms with Crippen molar-refractivity contribution in [3.05, 3.63) is 0 Å². The zero-order valence-electron chi connectivity index (χ0n) is 25.5. The van der Waals surface area contributed by atoms with E-state index in [1.165, 1.54) is 12.8 Å². The molecule has 3 rings (SSSR count). The molecule has 12 N–H and O–H groups in total. The quantitative estimate of drug-likeness (QED) is 0.0522. The minimum Gasteiger partial charge on any atom is -0.394 e. The van der Waals surface area contributed by atoms with Gasteiger partial charge in [0.25, 0.3) is 0 Å². The predicted molar refractivity (Wildman–Crippen MR) is 151 cm³/mol. The van der Waals surface area contributed by atoms with E-state index in [4.69, 9.17) is 34.2 Å². The monoisotopic (exact) mass is 659 g/mol. The first-order valence-corrected chi connectivity index (χ1v) is 15.8. The van der Waals surface area contributed by atoms with E-state index in [2.05, 4.69) is 6.92 Å². The maximum Gasteiger partial charge on any atom is 0.188 e. The van der Waals surface area contributed by atoms with Crippen LogP contribution in [0.25, 0.3) is 0 Å². The van der Waals surface area contributed by atoms with Crippen LogP contribution in [0, 0.1) is 0 Å². The highest BCUT2D eigenvalue weighted by Crippen LogP contribution is 2.33. The van der Waals surface area contributed by atoms with Gasteiger partial charge in [-0.1, -0.05) is 45.4 Å². The van der Waals surface area contributed by atoms with Crippen molar-refractivity contribution in [3.63, 3.8) is 0 Å². The Morgan fingerprint density at radius 2 is 0.956 bits per heavy atom. The van der Waals surface area contributed by atoms with Crippen LogP contribution in [0.4, 0.5) is 0 Å². The highest BCUT2D eigenvalue weighted by molar-refractivity contribution is 4.96. The Bertz CT molecular complexity index is 829. The van der Waals surface area contributed by atoms with Crippen molar-refractivity contribution in [1.82, 2.24) is 0 Å². The fourth-order valence-corrected chi connectivity index (χ4v) is 5.69. The van der Waals surface area contributed by atoms with Crippen LogP contribution in [0.2, 0.25) is 0 Å². The topological polar surface area (TPSA) is 284 Å². The van der Waals surface area contributed by atoms with E-state index in [0.29, 0.717) is 6.42 Å². The number of rotatable bonds is 17. The molecule has 3 fully saturated rings. The molecule has 266 valence electrons. The van der Waals surface area contributed by atoms with Gasteiger partial charge < -0.3 is 85.2 Å². The summed E-state index contributed by atoms with van der Waals surface area (Å²) in [5, 5.41) is 103. The SMILES string of the molecule is CCCCCCCCCC(N)O[C@H]1OC(CO)[C@@H](O)[C@H](O[C@H]2OC(CO)[C@@H](O)[C@H](O[C@H]3OC(CO)[C@@H](O)[C@H](O)C3O)C2O)C1O. The molecule has 0 aromatic heterocycles. The van der Waals surface area contributed by atoms with Gasteiger partial charge in [0.05, 0.1) is 19.8 Å². The normalized spacial score (nSPS) is 43.3. The van der Waals surface area contributed by atoms with Crippen LogP contribution in [-0.4, -0.2) is 169 Å². The summed E-state index contributed by atoms with van der Waals surface area (Å²) in [6.45, 7) is -0.116. The molecule has 0 amide bonds. The number of aliphatic hydroxyl groups is 10. The van der Waals surface area contributed by atoms with Crippen LogP contribution in [0.3, 0.4) is 0 Å². The molecule has 0 aromatic rings. The van der Waals surface area contributed by atoms with Gasteiger partial charge >= 0.3 is 0 Å². The van der Waals surface area contributed by atoms with Crippen LogP contribution in [0.1, 0.15) is 58.3 Å². The molecular formula is C28H53NO16. The molecule has 3 aliphatic rings. The van der Waals surface area contributed by atoms with Gasteiger partial charge in [-0.05, 0) is 12.8 Å². The van der Waals surface area contributed by atoms with Gasteiger partial charge in [-0.3, -0.25) is 0 Å². The molecule has 0 spiro atoms. The minimum absolute atomic E-state index is 0.454. The Hall–Kier alpha value is -0.680. The number of hydrogen-bond donors (Lipinski definition) is 11. The van der Waals surface area contributed by atoms with Crippen molar-refractivity contribution in [1.29, 1.82) is 0 Å². The van der Waals surface area contributed by atoms with Gasteiger partial charge in [0.15, 0.2) is 18.9 Å². The summed E-state index contributed by atoms with van der Waals surface area (Å²) in [7, 11) is 0. The number of unbranched alkanes of at least 4 members (excludes halogenated alkanes) is 6. The van der Waals surface area contributed by atoms with Gasteiger partial charge in [0.1, 0.15) is 79.5 Å². The second kappa shape index (κ2) is 18.8. The first-order valence-electron chi connectivity index (χ1n) is 15.8. The maximum absolute atomic E-state index is 11.1. The summed E-state index contributed by atoms with van der Waals surface area (Å²) in [6.07, 6.45) is -17.8. The van der Waals surface area contributed by atoms with Crippen molar-refractivity contribution in [3.8, 4) is 0 Å². The average Bonchev–Trinajstić information content (AvgIpc) is 3.03. The van der Waals surface area contributed by atoms with Crippen molar-refractivity contribution < 1.29 is 79.5 Å².